The highest BCUT2D eigenvalue weighted by molar-refractivity contribution is 6.00. The summed E-state index contributed by atoms with van der Waals surface area (Å²) in [4.78, 5) is 20.7. The first-order valence-electron chi connectivity index (χ1n) is 10.3. The first-order chi connectivity index (χ1) is 14.0. The highest BCUT2D eigenvalue weighted by Crippen LogP contribution is 2.31. The molecule has 2 heterocycles. The van der Waals surface area contributed by atoms with Crippen molar-refractivity contribution in [2.45, 2.75) is 45.6 Å². The average molecular weight is 401 g/mol. The van der Waals surface area contributed by atoms with Crippen molar-refractivity contribution in [3.05, 3.63) is 41.6 Å². The topological polar surface area (TPSA) is 85.7 Å². The summed E-state index contributed by atoms with van der Waals surface area (Å²) in [6.45, 7) is 6.58. The molecule has 2 aromatic rings. The Morgan fingerprint density at radius 3 is 2.55 bits per heavy atom. The van der Waals surface area contributed by atoms with Gasteiger partial charge >= 0.3 is 0 Å². The maximum atomic E-state index is 13.0. The predicted octanol–water partition coefficient (Wildman–Crippen LogP) is 1.92. The van der Waals surface area contributed by atoms with Crippen LogP contribution in [0.25, 0.3) is 0 Å². The first-order valence-corrected chi connectivity index (χ1v) is 10.3. The lowest BCUT2D eigenvalue weighted by atomic mass is 10.2. The molecule has 158 valence electrons. The van der Waals surface area contributed by atoms with E-state index in [4.69, 9.17) is 4.98 Å². The summed E-state index contributed by atoms with van der Waals surface area (Å²) in [5, 5.41) is 17.3. The van der Waals surface area contributed by atoms with Crippen LogP contribution in [0.15, 0.2) is 30.3 Å². The molecule has 1 aliphatic rings. The predicted molar refractivity (Wildman–Crippen MR) is 115 cm³/mol. The van der Waals surface area contributed by atoms with Crippen LogP contribution in [0.3, 0.4) is 0 Å². The molecule has 0 saturated carbocycles. The fraction of sp³-hybridized carbons (Fsp3) is 0.524. The molecular weight excluding hydrogens is 368 g/mol. The zero-order valence-electron chi connectivity index (χ0n) is 17.7. The molecule has 1 amide bonds. The molecule has 0 bridgehead atoms. The standard InChI is InChI=1S/C21H32N6O2/c1-5-12-22-13-16(6-2)23-20-24-18-17(19(28)26(4)21(29)25(18)3)27(20)14-15-10-8-7-9-11-15/h7-11,16,21-22,29H,5-6,12-14H2,1-4H3,(H,23,24). The van der Waals surface area contributed by atoms with E-state index in [0.29, 0.717) is 24.0 Å². The summed E-state index contributed by atoms with van der Waals surface area (Å²) in [7, 11) is 3.35. The summed E-state index contributed by atoms with van der Waals surface area (Å²) in [6.07, 6.45) is 0.971. The molecule has 1 aliphatic heterocycles. The summed E-state index contributed by atoms with van der Waals surface area (Å²) < 4.78 is 1.92. The molecule has 2 unspecified atom stereocenters. The zero-order valence-corrected chi connectivity index (χ0v) is 17.7. The number of carbonyl (C=O) groups excluding carboxylic acids is 1. The second kappa shape index (κ2) is 9.28. The molecule has 0 aliphatic carbocycles. The van der Waals surface area contributed by atoms with Crippen LogP contribution in [-0.4, -0.2) is 65.0 Å². The number of aliphatic hydroxyl groups is 1. The molecule has 0 saturated heterocycles. The van der Waals surface area contributed by atoms with Gasteiger partial charge in [-0.15, -0.1) is 0 Å². The summed E-state index contributed by atoms with van der Waals surface area (Å²) in [6, 6.07) is 10.2. The Morgan fingerprint density at radius 2 is 1.90 bits per heavy atom. The van der Waals surface area contributed by atoms with Crippen LogP contribution in [-0.2, 0) is 6.54 Å². The lowest BCUT2D eigenvalue weighted by Gasteiger charge is -2.36. The molecule has 29 heavy (non-hydrogen) atoms. The van der Waals surface area contributed by atoms with E-state index in [9.17, 15) is 9.90 Å². The first kappa shape index (κ1) is 21.1. The summed E-state index contributed by atoms with van der Waals surface area (Å²) >= 11 is 0. The van der Waals surface area contributed by atoms with E-state index in [1.807, 2.05) is 34.9 Å². The SMILES string of the molecule is CCCNCC(CC)Nc1nc2c(n1Cc1ccccc1)C(=O)N(C)C(O)N2C. The molecule has 8 nitrogen and oxygen atoms in total. The normalized spacial score (nSPS) is 17.4. The van der Waals surface area contributed by atoms with E-state index in [1.165, 1.54) is 4.90 Å². The quantitative estimate of drug-likeness (QED) is 0.558. The van der Waals surface area contributed by atoms with Crippen molar-refractivity contribution < 1.29 is 9.90 Å². The van der Waals surface area contributed by atoms with Crippen molar-refractivity contribution >= 4 is 17.7 Å². The largest absolute Gasteiger partial charge is 0.356 e. The zero-order chi connectivity index (χ0) is 21.0. The van der Waals surface area contributed by atoms with Crippen LogP contribution >= 0.6 is 0 Å². The molecule has 0 radical (unpaired) electrons. The minimum atomic E-state index is -1.03. The van der Waals surface area contributed by atoms with Crippen LogP contribution in [0.2, 0.25) is 0 Å². The van der Waals surface area contributed by atoms with Gasteiger partial charge in [0.15, 0.2) is 11.5 Å². The molecule has 3 N–H and O–H groups in total. The average Bonchev–Trinajstić information content (AvgIpc) is 3.08. The molecule has 2 atom stereocenters. The van der Waals surface area contributed by atoms with Crippen molar-refractivity contribution in [1.29, 1.82) is 0 Å². The number of carbonyl (C=O) groups is 1. The molecule has 8 heteroatoms. The second-order valence-corrected chi connectivity index (χ2v) is 7.51. The highest BCUT2D eigenvalue weighted by atomic mass is 16.3. The Labute approximate surface area is 172 Å². The number of amides is 1. The van der Waals surface area contributed by atoms with Gasteiger partial charge in [0.2, 0.25) is 12.3 Å². The molecule has 0 fully saturated rings. The van der Waals surface area contributed by atoms with Crippen LogP contribution in [0.4, 0.5) is 11.8 Å². The minimum absolute atomic E-state index is 0.183. The lowest BCUT2D eigenvalue weighted by Crippen LogP contribution is -2.52. The molecule has 1 aromatic heterocycles. The van der Waals surface area contributed by atoms with Gasteiger partial charge in [-0.2, -0.15) is 4.98 Å². The maximum Gasteiger partial charge on any atom is 0.277 e. The number of aromatic nitrogens is 2. The van der Waals surface area contributed by atoms with E-state index in [1.54, 1.807) is 19.0 Å². The van der Waals surface area contributed by atoms with Crippen molar-refractivity contribution in [3.63, 3.8) is 0 Å². The summed E-state index contributed by atoms with van der Waals surface area (Å²) in [5.74, 6) is 0.904. The second-order valence-electron chi connectivity index (χ2n) is 7.51. The number of benzene rings is 1. The van der Waals surface area contributed by atoms with Gasteiger partial charge in [0.25, 0.3) is 5.91 Å². The number of nitrogens with one attached hydrogen (secondary N) is 2. The monoisotopic (exact) mass is 400 g/mol. The van der Waals surface area contributed by atoms with Crippen molar-refractivity contribution in [2.75, 3.05) is 37.4 Å². The van der Waals surface area contributed by atoms with Crippen LogP contribution in [0.1, 0.15) is 42.7 Å². The summed E-state index contributed by atoms with van der Waals surface area (Å²) in [5.41, 5.74) is 1.57. The Hall–Kier alpha value is -2.58. The van der Waals surface area contributed by atoms with E-state index in [2.05, 4.69) is 24.5 Å². The van der Waals surface area contributed by atoms with Crippen LogP contribution in [0, 0.1) is 0 Å². The van der Waals surface area contributed by atoms with Gasteiger partial charge in [0, 0.05) is 26.7 Å². The molecule has 0 spiro atoms. The lowest BCUT2D eigenvalue weighted by molar-refractivity contribution is 0.0152. The van der Waals surface area contributed by atoms with Crippen LogP contribution < -0.4 is 15.5 Å². The fourth-order valence-electron chi connectivity index (χ4n) is 3.50. The van der Waals surface area contributed by atoms with Crippen LogP contribution in [0.5, 0.6) is 0 Å². The Balaban J connectivity index is 1.98. The Kier molecular flexibility index (Phi) is 6.76. The van der Waals surface area contributed by atoms with Crippen molar-refractivity contribution in [2.24, 2.45) is 0 Å². The fourth-order valence-corrected chi connectivity index (χ4v) is 3.50. The van der Waals surface area contributed by atoms with Gasteiger partial charge in [-0.1, -0.05) is 44.2 Å². The van der Waals surface area contributed by atoms with E-state index in [-0.39, 0.29) is 11.9 Å². The third-order valence-electron chi connectivity index (χ3n) is 5.33. The smallest absolute Gasteiger partial charge is 0.277 e. The number of nitrogens with zero attached hydrogens (tertiary/aromatic N) is 4. The van der Waals surface area contributed by atoms with E-state index in [0.717, 1.165) is 31.5 Å². The number of rotatable bonds is 9. The number of aliphatic hydroxyl groups excluding tert-OH is 1. The number of anilines is 2. The third kappa shape index (κ3) is 4.38. The van der Waals surface area contributed by atoms with E-state index >= 15 is 0 Å². The Bertz CT molecular complexity index is 822. The maximum absolute atomic E-state index is 13.0. The number of fused-ring (bicyclic) bond motifs is 1. The van der Waals surface area contributed by atoms with Gasteiger partial charge in [0.1, 0.15) is 0 Å². The van der Waals surface area contributed by atoms with Gasteiger partial charge in [-0.25, -0.2) is 0 Å². The molecule has 1 aromatic carbocycles. The van der Waals surface area contributed by atoms with Crippen molar-refractivity contribution in [1.82, 2.24) is 19.8 Å². The molecular formula is C21H32N6O2. The number of hydrogen-bond acceptors (Lipinski definition) is 6. The van der Waals surface area contributed by atoms with Gasteiger partial charge in [0.05, 0.1) is 6.54 Å². The highest BCUT2D eigenvalue weighted by Gasteiger charge is 2.38. The van der Waals surface area contributed by atoms with Crippen molar-refractivity contribution in [3.8, 4) is 0 Å². The minimum Gasteiger partial charge on any atom is -0.356 e. The Morgan fingerprint density at radius 1 is 1.17 bits per heavy atom. The van der Waals surface area contributed by atoms with Gasteiger partial charge in [-0.3, -0.25) is 14.3 Å². The molecule has 3 rings (SSSR count). The number of imidazole rings is 1. The number of hydrogen-bond donors (Lipinski definition) is 3. The van der Waals surface area contributed by atoms with Gasteiger partial charge in [-0.05, 0) is 24.9 Å². The van der Waals surface area contributed by atoms with E-state index < -0.39 is 6.35 Å². The third-order valence-corrected chi connectivity index (χ3v) is 5.33. The van der Waals surface area contributed by atoms with Gasteiger partial charge < -0.3 is 20.6 Å².